The van der Waals surface area contributed by atoms with Gasteiger partial charge in [-0.2, -0.15) is 5.26 Å². The number of rotatable bonds is 2. The predicted molar refractivity (Wildman–Crippen MR) is 95.5 cm³/mol. The van der Waals surface area contributed by atoms with E-state index in [9.17, 15) is 4.79 Å². The standard InChI is InChI=1S/C20H17N3O2/c21-14-15-3-1-5-17(13-15)22-8-10-23(11-9-22)20(24)18-6-2-4-16-7-12-25-19(16)18/h1-7,12-13H,8-11H2. The predicted octanol–water partition coefficient (Wildman–Crippen LogP) is 3.27. The largest absolute Gasteiger partial charge is 0.464 e. The van der Waals surface area contributed by atoms with E-state index in [1.165, 1.54) is 0 Å². The molecule has 1 aliphatic heterocycles. The molecule has 0 aliphatic carbocycles. The number of nitriles is 1. The van der Waals surface area contributed by atoms with E-state index in [1.54, 1.807) is 12.3 Å². The molecule has 25 heavy (non-hydrogen) atoms. The second-order valence-electron chi connectivity index (χ2n) is 6.09. The molecule has 1 saturated heterocycles. The number of hydrogen-bond donors (Lipinski definition) is 0. The van der Waals surface area contributed by atoms with Crippen molar-refractivity contribution < 1.29 is 9.21 Å². The first-order chi connectivity index (χ1) is 12.3. The lowest BCUT2D eigenvalue weighted by Gasteiger charge is -2.36. The van der Waals surface area contributed by atoms with Crippen LogP contribution in [-0.4, -0.2) is 37.0 Å². The summed E-state index contributed by atoms with van der Waals surface area (Å²) in [7, 11) is 0. The van der Waals surface area contributed by atoms with Crippen LogP contribution in [0.3, 0.4) is 0 Å². The third-order valence-electron chi connectivity index (χ3n) is 4.62. The zero-order chi connectivity index (χ0) is 17.2. The Morgan fingerprint density at radius 2 is 1.84 bits per heavy atom. The van der Waals surface area contributed by atoms with Gasteiger partial charge in [-0.05, 0) is 30.3 Å². The average molecular weight is 331 g/mol. The van der Waals surface area contributed by atoms with Crippen LogP contribution >= 0.6 is 0 Å². The fraction of sp³-hybridized carbons (Fsp3) is 0.200. The zero-order valence-corrected chi connectivity index (χ0v) is 13.7. The maximum absolute atomic E-state index is 12.9. The summed E-state index contributed by atoms with van der Waals surface area (Å²) in [4.78, 5) is 16.9. The molecule has 0 unspecified atom stereocenters. The third-order valence-corrected chi connectivity index (χ3v) is 4.62. The summed E-state index contributed by atoms with van der Waals surface area (Å²) in [5.41, 5.74) is 2.94. The molecular formula is C20H17N3O2. The third kappa shape index (κ3) is 2.83. The number of anilines is 1. The fourth-order valence-electron chi connectivity index (χ4n) is 3.27. The lowest BCUT2D eigenvalue weighted by molar-refractivity contribution is 0.0747. The van der Waals surface area contributed by atoms with E-state index in [1.807, 2.05) is 47.4 Å². The highest BCUT2D eigenvalue weighted by atomic mass is 16.3. The van der Waals surface area contributed by atoms with Gasteiger partial charge in [-0.25, -0.2) is 0 Å². The van der Waals surface area contributed by atoms with Crippen molar-refractivity contribution in [3.05, 3.63) is 65.9 Å². The summed E-state index contributed by atoms with van der Waals surface area (Å²) in [5.74, 6) is 0.00553. The lowest BCUT2D eigenvalue weighted by atomic mass is 10.1. The van der Waals surface area contributed by atoms with E-state index in [0.29, 0.717) is 29.8 Å². The molecule has 1 aromatic heterocycles. The summed E-state index contributed by atoms with van der Waals surface area (Å²) in [5, 5.41) is 9.98. The molecule has 5 nitrogen and oxygen atoms in total. The van der Waals surface area contributed by atoms with Crippen LogP contribution < -0.4 is 4.90 Å². The van der Waals surface area contributed by atoms with E-state index in [-0.39, 0.29) is 5.91 Å². The van der Waals surface area contributed by atoms with Gasteiger partial charge in [-0.1, -0.05) is 18.2 Å². The van der Waals surface area contributed by atoms with Crippen molar-refractivity contribution in [1.29, 1.82) is 5.26 Å². The summed E-state index contributed by atoms with van der Waals surface area (Å²) in [6, 6.07) is 17.3. The van der Waals surface area contributed by atoms with Gasteiger partial charge >= 0.3 is 0 Å². The highest BCUT2D eigenvalue weighted by Crippen LogP contribution is 2.23. The van der Waals surface area contributed by atoms with Crippen molar-refractivity contribution in [3.8, 4) is 6.07 Å². The van der Waals surface area contributed by atoms with Gasteiger partial charge in [0.25, 0.3) is 5.91 Å². The van der Waals surface area contributed by atoms with Gasteiger partial charge < -0.3 is 14.2 Å². The molecule has 2 aromatic carbocycles. The average Bonchev–Trinajstić information content (AvgIpc) is 3.16. The first-order valence-corrected chi connectivity index (χ1v) is 8.27. The Morgan fingerprint density at radius 1 is 1.04 bits per heavy atom. The summed E-state index contributed by atoms with van der Waals surface area (Å²) >= 11 is 0. The molecule has 1 aliphatic rings. The molecular weight excluding hydrogens is 314 g/mol. The molecule has 0 radical (unpaired) electrons. The topological polar surface area (TPSA) is 60.5 Å². The van der Waals surface area contributed by atoms with Crippen LogP contribution in [-0.2, 0) is 0 Å². The van der Waals surface area contributed by atoms with E-state index in [0.717, 1.165) is 24.2 Å². The van der Waals surface area contributed by atoms with Crippen molar-refractivity contribution in [2.75, 3.05) is 31.1 Å². The Labute approximate surface area is 145 Å². The van der Waals surface area contributed by atoms with Crippen LogP contribution in [0.25, 0.3) is 11.0 Å². The minimum Gasteiger partial charge on any atom is -0.464 e. The highest BCUT2D eigenvalue weighted by Gasteiger charge is 2.24. The molecule has 0 atom stereocenters. The Balaban J connectivity index is 1.49. The van der Waals surface area contributed by atoms with Gasteiger partial charge in [0.2, 0.25) is 0 Å². The number of para-hydroxylation sites is 1. The molecule has 0 bridgehead atoms. The van der Waals surface area contributed by atoms with Crippen LogP contribution in [0.4, 0.5) is 5.69 Å². The number of carbonyl (C=O) groups excluding carboxylic acids is 1. The second-order valence-corrected chi connectivity index (χ2v) is 6.09. The van der Waals surface area contributed by atoms with Crippen molar-refractivity contribution in [2.24, 2.45) is 0 Å². The van der Waals surface area contributed by atoms with Crippen LogP contribution in [0.5, 0.6) is 0 Å². The van der Waals surface area contributed by atoms with E-state index < -0.39 is 0 Å². The minimum absolute atomic E-state index is 0.00553. The smallest absolute Gasteiger partial charge is 0.257 e. The van der Waals surface area contributed by atoms with Crippen LogP contribution in [0.2, 0.25) is 0 Å². The first-order valence-electron chi connectivity index (χ1n) is 8.27. The van der Waals surface area contributed by atoms with E-state index in [2.05, 4.69) is 11.0 Å². The number of furan rings is 1. The summed E-state index contributed by atoms with van der Waals surface area (Å²) in [6.45, 7) is 2.78. The zero-order valence-electron chi connectivity index (χ0n) is 13.7. The lowest BCUT2D eigenvalue weighted by Crippen LogP contribution is -2.48. The van der Waals surface area contributed by atoms with Crippen molar-refractivity contribution >= 4 is 22.6 Å². The monoisotopic (exact) mass is 331 g/mol. The summed E-state index contributed by atoms with van der Waals surface area (Å²) in [6.07, 6.45) is 1.61. The number of amides is 1. The maximum Gasteiger partial charge on any atom is 0.257 e. The Hall–Kier alpha value is -3.26. The van der Waals surface area contributed by atoms with Crippen molar-refractivity contribution in [2.45, 2.75) is 0 Å². The molecule has 124 valence electrons. The minimum atomic E-state index is 0.00553. The van der Waals surface area contributed by atoms with Crippen LogP contribution in [0.1, 0.15) is 15.9 Å². The van der Waals surface area contributed by atoms with Gasteiger partial charge in [0.15, 0.2) is 0 Å². The number of carbonyl (C=O) groups is 1. The highest BCUT2D eigenvalue weighted by molar-refractivity contribution is 6.04. The fourth-order valence-corrected chi connectivity index (χ4v) is 3.27. The molecule has 4 rings (SSSR count). The molecule has 1 fully saturated rings. The number of nitrogens with zero attached hydrogens (tertiary/aromatic N) is 3. The van der Waals surface area contributed by atoms with Gasteiger partial charge in [-0.15, -0.1) is 0 Å². The van der Waals surface area contributed by atoms with E-state index in [4.69, 9.17) is 9.68 Å². The SMILES string of the molecule is N#Cc1cccc(N2CCN(C(=O)c3cccc4ccoc34)CC2)c1. The summed E-state index contributed by atoms with van der Waals surface area (Å²) < 4.78 is 5.49. The van der Waals surface area contributed by atoms with Crippen molar-refractivity contribution in [1.82, 2.24) is 4.90 Å². The van der Waals surface area contributed by atoms with E-state index >= 15 is 0 Å². The molecule has 0 N–H and O–H groups in total. The maximum atomic E-state index is 12.9. The van der Waals surface area contributed by atoms with Crippen molar-refractivity contribution in [3.63, 3.8) is 0 Å². The second kappa shape index (κ2) is 6.33. The first kappa shape index (κ1) is 15.3. The normalized spacial score (nSPS) is 14.5. The van der Waals surface area contributed by atoms with Crippen LogP contribution in [0, 0.1) is 11.3 Å². The molecule has 0 spiro atoms. The number of hydrogen-bond acceptors (Lipinski definition) is 4. The molecule has 1 amide bonds. The molecule has 5 heteroatoms. The molecule has 2 heterocycles. The number of fused-ring (bicyclic) bond motifs is 1. The van der Waals surface area contributed by atoms with Gasteiger partial charge in [0, 0.05) is 37.3 Å². The van der Waals surface area contributed by atoms with Gasteiger partial charge in [-0.3, -0.25) is 4.79 Å². The Bertz CT molecular complexity index is 962. The van der Waals surface area contributed by atoms with Gasteiger partial charge in [0.1, 0.15) is 5.58 Å². The molecule has 3 aromatic rings. The quantitative estimate of drug-likeness (QED) is 0.723. The number of piperazine rings is 1. The van der Waals surface area contributed by atoms with Crippen LogP contribution in [0.15, 0.2) is 59.2 Å². The van der Waals surface area contributed by atoms with Gasteiger partial charge in [0.05, 0.1) is 23.5 Å². The molecule has 0 saturated carbocycles. The Morgan fingerprint density at radius 3 is 2.64 bits per heavy atom. The Kier molecular flexibility index (Phi) is 3.87. The number of benzene rings is 2.